The lowest BCUT2D eigenvalue weighted by molar-refractivity contribution is -0.136. The molecule has 1 aromatic heterocycles. The SMILES string of the molecule is CC1CCN(C(=O)CC(=O)CN2CC3CC(C2)c2cccc(=O)n2C3)CC1. The number of nitrogens with zero attached hydrogens (tertiary/aromatic N) is 3. The molecule has 6 heteroatoms. The molecule has 2 atom stereocenters. The van der Waals surface area contributed by atoms with Gasteiger partial charge in [-0.15, -0.1) is 0 Å². The molecule has 4 rings (SSSR count). The first-order valence-electron chi connectivity index (χ1n) is 10.2. The van der Waals surface area contributed by atoms with E-state index in [4.69, 9.17) is 0 Å². The quantitative estimate of drug-likeness (QED) is 0.753. The van der Waals surface area contributed by atoms with Crippen LogP contribution in [0, 0.1) is 11.8 Å². The highest BCUT2D eigenvalue weighted by Crippen LogP contribution is 2.34. The number of likely N-dealkylation sites (tertiary alicyclic amines) is 2. The molecular weight excluding hydrogens is 342 g/mol. The zero-order valence-electron chi connectivity index (χ0n) is 16.1. The van der Waals surface area contributed by atoms with Crippen molar-refractivity contribution in [2.75, 3.05) is 32.7 Å². The summed E-state index contributed by atoms with van der Waals surface area (Å²) in [4.78, 5) is 41.0. The molecule has 2 bridgehead atoms. The highest BCUT2D eigenvalue weighted by Gasteiger charge is 2.35. The molecule has 27 heavy (non-hydrogen) atoms. The fraction of sp³-hybridized carbons (Fsp3) is 0.667. The molecule has 0 spiro atoms. The van der Waals surface area contributed by atoms with E-state index in [-0.39, 0.29) is 23.7 Å². The summed E-state index contributed by atoms with van der Waals surface area (Å²) in [6.45, 7) is 6.49. The standard InChI is InChI=1S/C21H29N3O3/c1-15-5-7-23(8-6-15)21(27)10-18(25)14-22-11-16-9-17(13-22)19-3-2-4-20(26)24(19)12-16/h2-4,15-17H,5-14H2,1H3. The largest absolute Gasteiger partial charge is 0.342 e. The molecule has 3 aliphatic rings. The lowest BCUT2D eigenvalue weighted by atomic mass is 9.83. The third-order valence-electron chi connectivity index (χ3n) is 6.44. The topological polar surface area (TPSA) is 62.6 Å². The van der Waals surface area contributed by atoms with Gasteiger partial charge in [0.25, 0.3) is 5.56 Å². The number of amides is 1. The van der Waals surface area contributed by atoms with Crippen LogP contribution in [0.5, 0.6) is 0 Å². The van der Waals surface area contributed by atoms with Gasteiger partial charge in [-0.05, 0) is 37.2 Å². The van der Waals surface area contributed by atoms with Crippen LogP contribution in [0.4, 0.5) is 0 Å². The maximum Gasteiger partial charge on any atom is 0.250 e. The summed E-state index contributed by atoms with van der Waals surface area (Å²) in [6.07, 6.45) is 3.18. The first-order chi connectivity index (χ1) is 13.0. The van der Waals surface area contributed by atoms with Crippen LogP contribution < -0.4 is 5.56 Å². The number of carbonyl (C=O) groups is 2. The second kappa shape index (κ2) is 7.58. The molecular formula is C21H29N3O3. The second-order valence-corrected chi connectivity index (χ2v) is 8.67. The summed E-state index contributed by atoms with van der Waals surface area (Å²) in [6, 6.07) is 5.49. The smallest absolute Gasteiger partial charge is 0.250 e. The summed E-state index contributed by atoms with van der Waals surface area (Å²) in [7, 11) is 0. The highest BCUT2D eigenvalue weighted by atomic mass is 16.2. The third-order valence-corrected chi connectivity index (χ3v) is 6.44. The average molecular weight is 371 g/mol. The fourth-order valence-corrected chi connectivity index (χ4v) is 4.97. The molecule has 3 aliphatic heterocycles. The van der Waals surface area contributed by atoms with Crippen molar-refractivity contribution >= 4 is 11.7 Å². The lowest BCUT2D eigenvalue weighted by Crippen LogP contribution is -2.48. The Hall–Kier alpha value is -1.95. The van der Waals surface area contributed by atoms with E-state index in [9.17, 15) is 14.4 Å². The van der Waals surface area contributed by atoms with Crippen molar-refractivity contribution in [2.24, 2.45) is 11.8 Å². The molecule has 0 radical (unpaired) electrons. The summed E-state index contributed by atoms with van der Waals surface area (Å²) in [5.41, 5.74) is 1.17. The van der Waals surface area contributed by atoms with E-state index in [0.29, 0.717) is 24.3 Å². The zero-order chi connectivity index (χ0) is 19.0. The van der Waals surface area contributed by atoms with Gasteiger partial charge in [-0.25, -0.2) is 0 Å². The molecule has 2 fully saturated rings. The second-order valence-electron chi connectivity index (χ2n) is 8.67. The van der Waals surface area contributed by atoms with Crippen LogP contribution in [0.3, 0.4) is 0 Å². The van der Waals surface area contributed by atoms with Crippen LogP contribution in [-0.4, -0.2) is 58.8 Å². The molecule has 2 unspecified atom stereocenters. The van der Waals surface area contributed by atoms with Gasteiger partial charge in [-0.3, -0.25) is 19.3 Å². The molecule has 4 heterocycles. The summed E-state index contributed by atoms with van der Waals surface area (Å²) >= 11 is 0. The molecule has 0 aliphatic carbocycles. The first kappa shape index (κ1) is 18.4. The lowest BCUT2D eigenvalue weighted by Gasteiger charge is -2.42. The predicted molar refractivity (Wildman–Crippen MR) is 103 cm³/mol. The monoisotopic (exact) mass is 371 g/mol. The van der Waals surface area contributed by atoms with Crippen molar-refractivity contribution in [3.63, 3.8) is 0 Å². The maximum absolute atomic E-state index is 12.5. The van der Waals surface area contributed by atoms with Gasteiger partial charge in [0.2, 0.25) is 5.91 Å². The molecule has 0 aromatic carbocycles. The number of piperidine rings is 2. The van der Waals surface area contributed by atoms with E-state index >= 15 is 0 Å². The number of rotatable bonds is 4. The van der Waals surface area contributed by atoms with Crippen LogP contribution in [0.25, 0.3) is 0 Å². The van der Waals surface area contributed by atoms with E-state index in [0.717, 1.165) is 57.7 Å². The maximum atomic E-state index is 12.5. The van der Waals surface area contributed by atoms with Crippen molar-refractivity contribution in [3.8, 4) is 0 Å². The summed E-state index contributed by atoms with van der Waals surface area (Å²) < 4.78 is 1.90. The minimum absolute atomic E-state index is 0.0130. The number of ketones is 1. The van der Waals surface area contributed by atoms with E-state index < -0.39 is 0 Å². The van der Waals surface area contributed by atoms with Crippen LogP contribution in [0.15, 0.2) is 23.0 Å². The number of hydrogen-bond donors (Lipinski definition) is 0. The molecule has 0 saturated carbocycles. The van der Waals surface area contributed by atoms with Crippen LogP contribution in [0.1, 0.15) is 44.2 Å². The van der Waals surface area contributed by atoms with Gasteiger partial charge < -0.3 is 9.47 Å². The molecule has 6 nitrogen and oxygen atoms in total. The summed E-state index contributed by atoms with van der Waals surface area (Å²) in [5, 5.41) is 0. The number of carbonyl (C=O) groups excluding carboxylic acids is 2. The van der Waals surface area contributed by atoms with Gasteiger partial charge in [0.15, 0.2) is 5.78 Å². The summed E-state index contributed by atoms with van der Waals surface area (Å²) in [5.74, 6) is 1.39. The Balaban J connectivity index is 1.34. The molecule has 1 aromatic rings. The Bertz CT molecular complexity index is 779. The predicted octanol–water partition coefficient (Wildman–Crippen LogP) is 1.49. The Morgan fingerprint density at radius 2 is 1.89 bits per heavy atom. The first-order valence-corrected chi connectivity index (χ1v) is 10.2. The van der Waals surface area contributed by atoms with E-state index in [1.54, 1.807) is 6.07 Å². The van der Waals surface area contributed by atoms with Gasteiger partial charge in [-0.1, -0.05) is 13.0 Å². The average Bonchev–Trinajstić information content (AvgIpc) is 2.63. The van der Waals surface area contributed by atoms with Crippen molar-refractivity contribution in [1.82, 2.24) is 14.4 Å². The number of hydrogen-bond acceptors (Lipinski definition) is 4. The van der Waals surface area contributed by atoms with E-state index in [1.807, 2.05) is 21.6 Å². The number of aromatic nitrogens is 1. The molecule has 0 N–H and O–H groups in total. The Morgan fingerprint density at radius 1 is 1.11 bits per heavy atom. The normalized spacial score (nSPS) is 25.9. The van der Waals surface area contributed by atoms with E-state index in [1.165, 1.54) is 0 Å². The minimum atomic E-state index is -0.0130. The van der Waals surface area contributed by atoms with Crippen LogP contribution in [-0.2, 0) is 16.1 Å². The zero-order valence-corrected chi connectivity index (χ0v) is 16.1. The molecule has 2 saturated heterocycles. The van der Waals surface area contributed by atoms with Crippen LogP contribution in [0.2, 0.25) is 0 Å². The van der Waals surface area contributed by atoms with Crippen molar-refractivity contribution in [3.05, 3.63) is 34.2 Å². The van der Waals surface area contributed by atoms with Crippen molar-refractivity contribution in [2.45, 2.75) is 45.1 Å². The van der Waals surface area contributed by atoms with Crippen LogP contribution >= 0.6 is 0 Å². The van der Waals surface area contributed by atoms with Crippen molar-refractivity contribution < 1.29 is 9.59 Å². The Kier molecular flexibility index (Phi) is 5.17. The van der Waals surface area contributed by atoms with Gasteiger partial charge in [0.05, 0.1) is 13.0 Å². The Morgan fingerprint density at radius 3 is 2.67 bits per heavy atom. The highest BCUT2D eigenvalue weighted by molar-refractivity contribution is 5.99. The molecule has 146 valence electrons. The van der Waals surface area contributed by atoms with Crippen molar-refractivity contribution in [1.29, 1.82) is 0 Å². The number of Topliss-reactive ketones (excluding diaryl/α,β-unsaturated/α-hetero) is 1. The number of pyridine rings is 1. The minimum Gasteiger partial charge on any atom is -0.342 e. The third kappa shape index (κ3) is 4.00. The fourth-order valence-electron chi connectivity index (χ4n) is 4.97. The van der Waals surface area contributed by atoms with Gasteiger partial charge in [0, 0.05) is 50.4 Å². The van der Waals surface area contributed by atoms with Gasteiger partial charge in [-0.2, -0.15) is 0 Å². The molecule has 1 amide bonds. The van der Waals surface area contributed by atoms with E-state index in [2.05, 4.69) is 11.8 Å². The number of fused-ring (bicyclic) bond motifs is 4. The Labute approximate surface area is 160 Å². The van der Waals surface area contributed by atoms with Gasteiger partial charge >= 0.3 is 0 Å². The van der Waals surface area contributed by atoms with Gasteiger partial charge in [0.1, 0.15) is 0 Å².